The first-order chi connectivity index (χ1) is 11.0. The fraction of sp³-hybridized carbons (Fsp3) is 0.353. The number of imide groups is 1. The molecule has 1 saturated heterocycles. The number of rotatable bonds is 3. The van der Waals surface area contributed by atoms with Crippen molar-refractivity contribution in [3.63, 3.8) is 0 Å². The van der Waals surface area contributed by atoms with E-state index in [1.54, 1.807) is 6.07 Å². The van der Waals surface area contributed by atoms with Gasteiger partial charge in [0.15, 0.2) is 0 Å². The number of nitrogens with zero attached hydrogens (tertiary/aromatic N) is 1. The van der Waals surface area contributed by atoms with E-state index in [0.29, 0.717) is 18.5 Å². The fourth-order valence-electron chi connectivity index (χ4n) is 3.08. The second kappa shape index (κ2) is 6.28. The molecule has 5 nitrogen and oxygen atoms in total. The highest BCUT2D eigenvalue weighted by atomic mass is 79.9. The number of aryl methyl sites for hydroxylation is 1. The summed E-state index contributed by atoms with van der Waals surface area (Å²) in [5.74, 6) is -1.44. The van der Waals surface area contributed by atoms with Gasteiger partial charge in [-0.1, -0.05) is 18.2 Å². The Hall–Kier alpha value is -1.95. The summed E-state index contributed by atoms with van der Waals surface area (Å²) < 4.78 is 0.766. The molecule has 1 aromatic carbocycles. The summed E-state index contributed by atoms with van der Waals surface area (Å²) in [6.07, 6.45) is 5.02. The van der Waals surface area contributed by atoms with E-state index in [1.165, 1.54) is 0 Å². The number of allylic oxidation sites excluding steroid dienone is 2. The number of halogens is 1. The van der Waals surface area contributed by atoms with Gasteiger partial charge in [-0.3, -0.25) is 19.3 Å². The summed E-state index contributed by atoms with van der Waals surface area (Å²) in [7, 11) is 0. The van der Waals surface area contributed by atoms with Crippen molar-refractivity contribution in [3.05, 3.63) is 40.4 Å². The van der Waals surface area contributed by atoms with Crippen LogP contribution in [0.2, 0.25) is 0 Å². The van der Waals surface area contributed by atoms with Crippen molar-refractivity contribution in [1.29, 1.82) is 0 Å². The van der Waals surface area contributed by atoms with Gasteiger partial charge >= 0.3 is 0 Å². The standard InChI is InChI=1S/C17H17BrN2O3/c1-10-6-7-14(13(18)8-10)19-15(21)9-20-16(22)11-4-2-3-5-12(11)17(20)23/h2-3,6-8,11-12H,4-5,9H2,1H3,(H,19,21)/t11-,12-/m0/s1. The summed E-state index contributed by atoms with van der Waals surface area (Å²) >= 11 is 3.39. The zero-order chi connectivity index (χ0) is 16.6. The summed E-state index contributed by atoms with van der Waals surface area (Å²) in [4.78, 5) is 38.0. The number of anilines is 1. The van der Waals surface area contributed by atoms with Gasteiger partial charge < -0.3 is 5.32 Å². The molecule has 6 heteroatoms. The molecule has 1 heterocycles. The highest BCUT2D eigenvalue weighted by Crippen LogP contribution is 2.35. The first-order valence-electron chi connectivity index (χ1n) is 7.53. The van der Waals surface area contributed by atoms with Crippen molar-refractivity contribution in [1.82, 2.24) is 4.90 Å². The Balaban J connectivity index is 1.68. The van der Waals surface area contributed by atoms with Gasteiger partial charge in [-0.25, -0.2) is 0 Å². The third-order valence-corrected chi connectivity index (χ3v) is 4.96. The van der Waals surface area contributed by atoms with Crippen molar-refractivity contribution in [2.75, 3.05) is 11.9 Å². The van der Waals surface area contributed by atoms with Gasteiger partial charge in [0.25, 0.3) is 0 Å². The van der Waals surface area contributed by atoms with Gasteiger partial charge in [0, 0.05) is 4.47 Å². The number of carbonyl (C=O) groups is 3. The van der Waals surface area contributed by atoms with Crippen LogP contribution >= 0.6 is 15.9 Å². The zero-order valence-electron chi connectivity index (χ0n) is 12.7. The lowest BCUT2D eigenvalue weighted by molar-refractivity contribution is -0.142. The lowest BCUT2D eigenvalue weighted by Crippen LogP contribution is -2.38. The van der Waals surface area contributed by atoms with E-state index >= 15 is 0 Å². The molecule has 0 bridgehead atoms. The highest BCUT2D eigenvalue weighted by molar-refractivity contribution is 9.10. The first kappa shape index (κ1) is 15.9. The summed E-state index contributed by atoms with van der Waals surface area (Å²) in [5, 5.41) is 2.74. The van der Waals surface area contributed by atoms with E-state index < -0.39 is 0 Å². The molecule has 0 aromatic heterocycles. The SMILES string of the molecule is Cc1ccc(NC(=O)CN2C(=O)[C@H]3CC=CC[C@@H]3C2=O)c(Br)c1. The van der Waals surface area contributed by atoms with Crippen LogP contribution in [0, 0.1) is 18.8 Å². The molecule has 1 aliphatic carbocycles. The lowest BCUT2D eigenvalue weighted by Gasteiger charge is -2.15. The summed E-state index contributed by atoms with van der Waals surface area (Å²) in [6, 6.07) is 5.56. The van der Waals surface area contributed by atoms with Crippen LogP contribution in [0.5, 0.6) is 0 Å². The van der Waals surface area contributed by atoms with Gasteiger partial charge in [-0.05, 0) is 53.4 Å². The van der Waals surface area contributed by atoms with Gasteiger partial charge in [0.2, 0.25) is 17.7 Å². The van der Waals surface area contributed by atoms with Gasteiger partial charge in [0.1, 0.15) is 6.54 Å². The van der Waals surface area contributed by atoms with E-state index in [9.17, 15) is 14.4 Å². The topological polar surface area (TPSA) is 66.5 Å². The maximum atomic E-state index is 12.3. The normalized spacial score (nSPS) is 23.1. The van der Waals surface area contributed by atoms with Crippen molar-refractivity contribution in [2.45, 2.75) is 19.8 Å². The number of hydrogen-bond acceptors (Lipinski definition) is 3. The van der Waals surface area contributed by atoms with Crippen LogP contribution in [0.3, 0.4) is 0 Å². The molecule has 1 aliphatic heterocycles. The molecule has 1 N–H and O–H groups in total. The Labute approximate surface area is 142 Å². The molecule has 0 spiro atoms. The highest BCUT2D eigenvalue weighted by Gasteiger charge is 2.47. The molecule has 0 radical (unpaired) electrons. The quantitative estimate of drug-likeness (QED) is 0.651. The molecule has 1 aromatic rings. The average molecular weight is 377 g/mol. The minimum Gasteiger partial charge on any atom is -0.324 e. The number of nitrogens with one attached hydrogen (secondary N) is 1. The Kier molecular flexibility index (Phi) is 4.35. The van der Waals surface area contributed by atoms with E-state index in [-0.39, 0.29) is 36.1 Å². The number of amides is 3. The van der Waals surface area contributed by atoms with E-state index in [2.05, 4.69) is 21.2 Å². The second-order valence-electron chi connectivity index (χ2n) is 5.95. The minimum absolute atomic E-state index is 0.231. The largest absolute Gasteiger partial charge is 0.324 e. The molecule has 2 atom stereocenters. The Morgan fingerprint density at radius 2 is 1.83 bits per heavy atom. The van der Waals surface area contributed by atoms with Crippen LogP contribution < -0.4 is 5.32 Å². The van der Waals surface area contributed by atoms with Crippen molar-refractivity contribution in [3.8, 4) is 0 Å². The molecule has 120 valence electrons. The Morgan fingerprint density at radius 1 is 1.22 bits per heavy atom. The first-order valence-corrected chi connectivity index (χ1v) is 8.33. The van der Waals surface area contributed by atoms with Crippen molar-refractivity contribution < 1.29 is 14.4 Å². The number of fused-ring (bicyclic) bond motifs is 1. The van der Waals surface area contributed by atoms with Crippen LogP contribution in [0.15, 0.2) is 34.8 Å². The van der Waals surface area contributed by atoms with E-state index in [0.717, 1.165) is 14.9 Å². The minimum atomic E-state index is -0.372. The maximum absolute atomic E-state index is 12.3. The zero-order valence-corrected chi connectivity index (χ0v) is 14.3. The molecule has 23 heavy (non-hydrogen) atoms. The van der Waals surface area contributed by atoms with Crippen molar-refractivity contribution >= 4 is 39.3 Å². The van der Waals surface area contributed by atoms with Gasteiger partial charge in [-0.15, -0.1) is 0 Å². The third kappa shape index (κ3) is 3.08. The number of benzene rings is 1. The molecule has 3 rings (SSSR count). The van der Waals surface area contributed by atoms with E-state index in [4.69, 9.17) is 0 Å². The Morgan fingerprint density at radius 3 is 2.39 bits per heavy atom. The monoisotopic (exact) mass is 376 g/mol. The van der Waals surface area contributed by atoms with Gasteiger partial charge in [-0.2, -0.15) is 0 Å². The molecule has 2 aliphatic rings. The van der Waals surface area contributed by atoms with Crippen LogP contribution in [0.25, 0.3) is 0 Å². The molecule has 3 amide bonds. The molecule has 0 saturated carbocycles. The molecule has 1 fully saturated rings. The van der Waals surface area contributed by atoms with Gasteiger partial charge in [0.05, 0.1) is 17.5 Å². The van der Waals surface area contributed by atoms with Crippen molar-refractivity contribution in [2.24, 2.45) is 11.8 Å². The number of likely N-dealkylation sites (tertiary alicyclic amines) is 1. The summed E-state index contributed by atoms with van der Waals surface area (Å²) in [5.41, 5.74) is 1.69. The fourth-order valence-corrected chi connectivity index (χ4v) is 3.67. The van der Waals surface area contributed by atoms with Crippen LogP contribution in [-0.2, 0) is 14.4 Å². The predicted molar refractivity (Wildman–Crippen MR) is 89.6 cm³/mol. The Bertz CT molecular complexity index is 688. The van der Waals surface area contributed by atoms with E-state index in [1.807, 2.05) is 31.2 Å². The average Bonchev–Trinajstić information content (AvgIpc) is 2.76. The maximum Gasteiger partial charge on any atom is 0.244 e. The van der Waals surface area contributed by atoms with Crippen LogP contribution in [0.1, 0.15) is 18.4 Å². The smallest absolute Gasteiger partial charge is 0.244 e. The predicted octanol–water partition coefficient (Wildman–Crippen LogP) is 2.65. The number of carbonyl (C=O) groups excluding carboxylic acids is 3. The molecular weight excluding hydrogens is 360 g/mol. The second-order valence-corrected chi connectivity index (χ2v) is 6.80. The third-order valence-electron chi connectivity index (χ3n) is 4.30. The molecule has 0 unspecified atom stereocenters. The van der Waals surface area contributed by atoms with Crippen LogP contribution in [-0.4, -0.2) is 29.2 Å². The summed E-state index contributed by atoms with van der Waals surface area (Å²) in [6.45, 7) is 1.72. The number of hydrogen-bond donors (Lipinski definition) is 1. The van der Waals surface area contributed by atoms with Crippen LogP contribution in [0.4, 0.5) is 5.69 Å². The molecular formula is C17H17BrN2O3. The lowest BCUT2D eigenvalue weighted by atomic mass is 9.85.